The third-order valence-corrected chi connectivity index (χ3v) is 3.92. The van der Waals surface area contributed by atoms with Crippen LogP contribution in [0.4, 0.5) is 0 Å². The highest BCUT2D eigenvalue weighted by molar-refractivity contribution is 6.07. The van der Waals surface area contributed by atoms with Gasteiger partial charge in [0.1, 0.15) is 11.6 Å². The van der Waals surface area contributed by atoms with E-state index in [2.05, 4.69) is 0 Å². The Hall–Kier alpha value is -0.700. The van der Waals surface area contributed by atoms with E-state index in [0.29, 0.717) is 12.8 Å². The summed E-state index contributed by atoms with van der Waals surface area (Å²) >= 11 is 0. The number of Topliss-reactive ketones (excluding diaryl/α,β-unsaturated/α-hetero) is 2. The fraction of sp³-hybridized carbons (Fsp3) is 0.833. The standard InChI is InChI=1S/C12H18O3/c1-12(2)6-8(13)7-4-5-9(15-3)10(12)11(7)14/h7,9-10H,4-6H2,1-3H3/t7-,9+,10-/m0/s1. The van der Waals surface area contributed by atoms with Gasteiger partial charge in [0.15, 0.2) is 0 Å². The smallest absolute Gasteiger partial charge is 0.149 e. The number of methoxy groups -OCH3 is 1. The minimum atomic E-state index is -0.325. The highest BCUT2D eigenvalue weighted by Crippen LogP contribution is 2.47. The number of ether oxygens (including phenoxy) is 1. The summed E-state index contributed by atoms with van der Waals surface area (Å²) in [6.45, 7) is 4.00. The van der Waals surface area contributed by atoms with Gasteiger partial charge in [-0.15, -0.1) is 0 Å². The Balaban J connectivity index is 2.35. The molecule has 0 N–H and O–H groups in total. The van der Waals surface area contributed by atoms with Gasteiger partial charge in [0.05, 0.1) is 17.9 Å². The molecular weight excluding hydrogens is 192 g/mol. The van der Waals surface area contributed by atoms with Crippen molar-refractivity contribution >= 4 is 11.6 Å². The van der Waals surface area contributed by atoms with Crippen LogP contribution in [0, 0.1) is 17.3 Å². The quantitative estimate of drug-likeness (QED) is 0.617. The van der Waals surface area contributed by atoms with E-state index in [9.17, 15) is 9.59 Å². The van der Waals surface area contributed by atoms with Crippen LogP contribution < -0.4 is 0 Å². The number of carbonyl (C=O) groups excluding carboxylic acids is 2. The van der Waals surface area contributed by atoms with Crippen LogP contribution in [0.3, 0.4) is 0 Å². The van der Waals surface area contributed by atoms with Gasteiger partial charge in [-0.05, 0) is 18.3 Å². The molecule has 2 saturated carbocycles. The van der Waals surface area contributed by atoms with Crippen molar-refractivity contribution in [2.45, 2.75) is 39.2 Å². The van der Waals surface area contributed by atoms with Gasteiger partial charge >= 0.3 is 0 Å². The van der Waals surface area contributed by atoms with Gasteiger partial charge in [-0.2, -0.15) is 0 Å². The van der Waals surface area contributed by atoms with E-state index in [0.717, 1.165) is 6.42 Å². The highest BCUT2D eigenvalue weighted by Gasteiger charge is 2.53. The molecule has 2 fully saturated rings. The van der Waals surface area contributed by atoms with E-state index in [4.69, 9.17) is 4.74 Å². The highest BCUT2D eigenvalue weighted by atomic mass is 16.5. The molecule has 0 saturated heterocycles. The van der Waals surface area contributed by atoms with Crippen molar-refractivity contribution in [1.29, 1.82) is 0 Å². The van der Waals surface area contributed by atoms with E-state index < -0.39 is 0 Å². The third-order valence-electron chi connectivity index (χ3n) is 3.92. The predicted octanol–water partition coefficient (Wildman–Crippen LogP) is 1.60. The van der Waals surface area contributed by atoms with Crippen LogP contribution >= 0.6 is 0 Å². The summed E-state index contributed by atoms with van der Waals surface area (Å²) in [5.74, 6) is -0.154. The van der Waals surface area contributed by atoms with Gasteiger partial charge in [0.2, 0.25) is 0 Å². The van der Waals surface area contributed by atoms with E-state index in [-0.39, 0.29) is 34.9 Å². The van der Waals surface area contributed by atoms with Crippen molar-refractivity contribution in [3.8, 4) is 0 Å². The first-order chi connectivity index (χ1) is 6.97. The molecule has 15 heavy (non-hydrogen) atoms. The van der Waals surface area contributed by atoms with Crippen LogP contribution in [0.25, 0.3) is 0 Å². The molecule has 0 spiro atoms. The second-order valence-corrected chi connectivity index (χ2v) is 5.42. The fourth-order valence-corrected chi connectivity index (χ4v) is 3.18. The Morgan fingerprint density at radius 1 is 1.27 bits per heavy atom. The summed E-state index contributed by atoms with van der Waals surface area (Å²) in [7, 11) is 1.66. The molecule has 0 heterocycles. The molecule has 2 aliphatic rings. The van der Waals surface area contributed by atoms with Gasteiger partial charge in [-0.25, -0.2) is 0 Å². The van der Waals surface area contributed by atoms with Crippen molar-refractivity contribution in [2.75, 3.05) is 7.11 Å². The fourth-order valence-electron chi connectivity index (χ4n) is 3.18. The first-order valence-electron chi connectivity index (χ1n) is 5.56. The third kappa shape index (κ3) is 1.53. The average Bonchev–Trinajstić information content (AvgIpc) is 2.13. The normalized spacial score (nSPS) is 39.3. The minimum Gasteiger partial charge on any atom is -0.381 e. The molecule has 2 bridgehead atoms. The summed E-state index contributed by atoms with van der Waals surface area (Å²) < 4.78 is 5.39. The number of rotatable bonds is 1. The van der Waals surface area contributed by atoms with Crippen LogP contribution in [0.5, 0.6) is 0 Å². The molecule has 0 aliphatic heterocycles. The summed E-state index contributed by atoms with van der Waals surface area (Å²) in [5, 5.41) is 0. The lowest BCUT2D eigenvalue weighted by Crippen LogP contribution is -2.54. The molecule has 2 rings (SSSR count). The number of carbonyl (C=O) groups is 2. The number of hydrogen-bond donors (Lipinski definition) is 0. The van der Waals surface area contributed by atoms with E-state index >= 15 is 0 Å². The van der Waals surface area contributed by atoms with Crippen molar-refractivity contribution in [3.63, 3.8) is 0 Å². The van der Waals surface area contributed by atoms with Gasteiger partial charge in [0.25, 0.3) is 0 Å². The topological polar surface area (TPSA) is 43.4 Å². The summed E-state index contributed by atoms with van der Waals surface area (Å²) in [4.78, 5) is 23.9. The largest absolute Gasteiger partial charge is 0.381 e. The first-order valence-corrected chi connectivity index (χ1v) is 5.56. The molecule has 0 aromatic rings. The lowest BCUT2D eigenvalue weighted by molar-refractivity contribution is -0.157. The van der Waals surface area contributed by atoms with Crippen molar-refractivity contribution < 1.29 is 14.3 Å². The van der Waals surface area contributed by atoms with Gasteiger partial charge < -0.3 is 4.74 Å². The minimum absolute atomic E-state index is 0.0110. The van der Waals surface area contributed by atoms with Crippen LogP contribution in [0.2, 0.25) is 0 Å². The van der Waals surface area contributed by atoms with Gasteiger partial charge in [-0.3, -0.25) is 9.59 Å². The second-order valence-electron chi connectivity index (χ2n) is 5.42. The molecule has 0 aromatic heterocycles. The van der Waals surface area contributed by atoms with Crippen LogP contribution in [-0.4, -0.2) is 24.8 Å². The Morgan fingerprint density at radius 2 is 1.93 bits per heavy atom. The number of fused-ring (bicyclic) bond motifs is 2. The van der Waals surface area contributed by atoms with E-state index in [1.54, 1.807) is 7.11 Å². The molecule has 2 aliphatic carbocycles. The Kier molecular flexibility index (Phi) is 2.45. The molecule has 3 atom stereocenters. The van der Waals surface area contributed by atoms with Crippen LogP contribution in [0.1, 0.15) is 33.1 Å². The molecule has 3 heteroatoms. The van der Waals surface area contributed by atoms with Crippen molar-refractivity contribution in [1.82, 2.24) is 0 Å². The Labute approximate surface area is 90.2 Å². The second kappa shape index (κ2) is 3.41. The summed E-state index contributed by atoms with van der Waals surface area (Å²) in [6, 6.07) is 0. The Morgan fingerprint density at radius 3 is 2.53 bits per heavy atom. The van der Waals surface area contributed by atoms with Gasteiger partial charge in [-0.1, -0.05) is 13.8 Å². The van der Waals surface area contributed by atoms with E-state index in [1.165, 1.54) is 0 Å². The molecule has 0 aromatic carbocycles. The lowest BCUT2D eigenvalue weighted by Gasteiger charge is -2.46. The maximum atomic E-state index is 12.1. The molecule has 84 valence electrons. The zero-order chi connectivity index (χ0) is 11.2. The SMILES string of the molecule is CO[C@@H]1CC[C@H]2C(=O)CC(C)(C)[C@@H]1C2=O. The lowest BCUT2D eigenvalue weighted by atomic mass is 9.58. The van der Waals surface area contributed by atoms with Crippen molar-refractivity contribution in [3.05, 3.63) is 0 Å². The summed E-state index contributed by atoms with van der Waals surface area (Å²) in [6.07, 6.45) is 2.06. The number of ketones is 2. The van der Waals surface area contributed by atoms with Crippen LogP contribution in [0.15, 0.2) is 0 Å². The average molecular weight is 210 g/mol. The predicted molar refractivity (Wildman–Crippen MR) is 55.4 cm³/mol. The molecular formula is C12H18O3. The molecule has 0 radical (unpaired) electrons. The Bertz CT molecular complexity index is 306. The monoisotopic (exact) mass is 210 g/mol. The van der Waals surface area contributed by atoms with Crippen molar-refractivity contribution in [2.24, 2.45) is 17.3 Å². The summed E-state index contributed by atoms with van der Waals surface area (Å²) in [5.41, 5.74) is -0.230. The number of hydrogen-bond acceptors (Lipinski definition) is 3. The van der Waals surface area contributed by atoms with Crippen LogP contribution in [-0.2, 0) is 14.3 Å². The first kappa shape index (κ1) is 10.8. The molecule has 0 unspecified atom stereocenters. The maximum absolute atomic E-state index is 12.1. The zero-order valence-corrected chi connectivity index (χ0v) is 9.58. The molecule has 0 amide bonds. The zero-order valence-electron chi connectivity index (χ0n) is 9.58. The van der Waals surface area contributed by atoms with Gasteiger partial charge in [0, 0.05) is 13.5 Å². The molecule has 3 nitrogen and oxygen atoms in total. The van der Waals surface area contributed by atoms with E-state index in [1.807, 2.05) is 13.8 Å². The maximum Gasteiger partial charge on any atom is 0.149 e.